The first-order valence-corrected chi connectivity index (χ1v) is 7.10. The standard InChI is InChI=1S/C15H15ClF4N2O2/c1-3-14(24)22(2)8-13(23)21-7-11(15(18,19)20)10-5-4-9(17)6-12(10)16/h3-6,11H,1,7-8H2,2H3,(H,21,23). The molecule has 0 spiro atoms. The van der Waals surface area contributed by atoms with Gasteiger partial charge in [0.15, 0.2) is 0 Å². The maximum absolute atomic E-state index is 13.2. The summed E-state index contributed by atoms with van der Waals surface area (Å²) in [6, 6.07) is 2.56. The molecule has 1 atom stereocenters. The molecule has 4 nitrogen and oxygen atoms in total. The average Bonchev–Trinajstić information content (AvgIpc) is 2.47. The van der Waals surface area contributed by atoms with Crippen LogP contribution in [0.2, 0.25) is 5.02 Å². The molecule has 1 aromatic rings. The molecule has 0 fully saturated rings. The predicted octanol–water partition coefficient (Wildman–Crippen LogP) is 2.89. The number of nitrogens with one attached hydrogen (secondary N) is 1. The van der Waals surface area contributed by atoms with E-state index in [2.05, 4.69) is 11.9 Å². The van der Waals surface area contributed by atoms with Gasteiger partial charge in [0.2, 0.25) is 11.8 Å². The smallest absolute Gasteiger partial charge is 0.354 e. The summed E-state index contributed by atoms with van der Waals surface area (Å²) in [6.07, 6.45) is -3.72. The van der Waals surface area contributed by atoms with Crippen LogP contribution < -0.4 is 5.32 Å². The van der Waals surface area contributed by atoms with Gasteiger partial charge >= 0.3 is 6.18 Å². The van der Waals surface area contributed by atoms with Gasteiger partial charge in [-0.1, -0.05) is 24.2 Å². The van der Waals surface area contributed by atoms with E-state index < -0.39 is 42.8 Å². The minimum absolute atomic E-state index is 0.346. The maximum Gasteiger partial charge on any atom is 0.397 e. The topological polar surface area (TPSA) is 49.4 Å². The first-order chi connectivity index (χ1) is 11.1. The number of hydrogen-bond acceptors (Lipinski definition) is 2. The Labute approximate surface area is 141 Å². The number of benzene rings is 1. The second-order valence-electron chi connectivity index (χ2n) is 4.96. The number of hydrogen-bond donors (Lipinski definition) is 1. The monoisotopic (exact) mass is 366 g/mol. The van der Waals surface area contributed by atoms with Gasteiger partial charge in [-0.25, -0.2) is 4.39 Å². The lowest BCUT2D eigenvalue weighted by Crippen LogP contribution is -2.41. The fourth-order valence-electron chi connectivity index (χ4n) is 1.91. The molecule has 9 heteroatoms. The van der Waals surface area contributed by atoms with Crippen LogP contribution in [0.15, 0.2) is 30.9 Å². The predicted molar refractivity (Wildman–Crippen MR) is 81.0 cm³/mol. The molecule has 1 rings (SSSR count). The number of halogens is 5. The SMILES string of the molecule is C=CC(=O)N(C)CC(=O)NCC(c1ccc(F)cc1Cl)C(F)(F)F. The van der Waals surface area contributed by atoms with Crippen LogP contribution in [0.4, 0.5) is 17.6 Å². The van der Waals surface area contributed by atoms with Crippen LogP contribution in [-0.2, 0) is 9.59 Å². The van der Waals surface area contributed by atoms with Crippen molar-refractivity contribution in [2.75, 3.05) is 20.1 Å². The van der Waals surface area contributed by atoms with Gasteiger partial charge in [-0.2, -0.15) is 13.2 Å². The molecule has 0 bridgehead atoms. The Hall–Kier alpha value is -2.09. The first-order valence-electron chi connectivity index (χ1n) is 6.72. The molecule has 1 N–H and O–H groups in total. The third-order valence-electron chi connectivity index (χ3n) is 3.17. The lowest BCUT2D eigenvalue weighted by Gasteiger charge is -2.23. The van der Waals surface area contributed by atoms with Gasteiger partial charge in [0, 0.05) is 18.6 Å². The van der Waals surface area contributed by atoms with Crippen molar-refractivity contribution in [3.63, 3.8) is 0 Å². The van der Waals surface area contributed by atoms with Crippen molar-refractivity contribution in [2.45, 2.75) is 12.1 Å². The van der Waals surface area contributed by atoms with Crippen LogP contribution in [0.25, 0.3) is 0 Å². The molecular formula is C15H15ClF4N2O2. The van der Waals surface area contributed by atoms with Crippen molar-refractivity contribution in [1.29, 1.82) is 0 Å². The number of carbonyl (C=O) groups excluding carboxylic acids is 2. The molecule has 0 saturated carbocycles. The summed E-state index contributed by atoms with van der Waals surface area (Å²) in [5.74, 6) is -4.19. The molecule has 1 aromatic carbocycles. The Bertz CT molecular complexity index is 634. The number of amides is 2. The van der Waals surface area contributed by atoms with E-state index in [0.717, 1.165) is 29.2 Å². The summed E-state index contributed by atoms with van der Waals surface area (Å²) >= 11 is 5.67. The van der Waals surface area contributed by atoms with Crippen LogP contribution in [0.5, 0.6) is 0 Å². The molecule has 24 heavy (non-hydrogen) atoms. The van der Waals surface area contributed by atoms with Crippen molar-refractivity contribution in [1.82, 2.24) is 10.2 Å². The van der Waals surface area contributed by atoms with Gasteiger partial charge in [0.1, 0.15) is 5.82 Å². The van der Waals surface area contributed by atoms with Crippen LogP contribution in [0, 0.1) is 5.82 Å². The third-order valence-corrected chi connectivity index (χ3v) is 3.50. The molecule has 0 aromatic heterocycles. The molecule has 2 amide bonds. The molecule has 0 saturated heterocycles. The highest BCUT2D eigenvalue weighted by molar-refractivity contribution is 6.31. The zero-order valence-corrected chi connectivity index (χ0v) is 13.4. The van der Waals surface area contributed by atoms with Crippen molar-refractivity contribution in [3.05, 3.63) is 47.3 Å². The lowest BCUT2D eigenvalue weighted by atomic mass is 9.98. The Kier molecular flexibility index (Phi) is 6.77. The molecule has 132 valence electrons. The van der Waals surface area contributed by atoms with Crippen LogP contribution in [0.3, 0.4) is 0 Å². The van der Waals surface area contributed by atoms with Gasteiger partial charge < -0.3 is 10.2 Å². The van der Waals surface area contributed by atoms with Crippen LogP contribution in [-0.4, -0.2) is 43.0 Å². The van der Waals surface area contributed by atoms with E-state index in [1.807, 2.05) is 0 Å². The number of rotatable bonds is 6. The number of likely N-dealkylation sites (N-methyl/N-ethyl adjacent to an activating group) is 1. The third kappa shape index (κ3) is 5.52. The van der Waals surface area contributed by atoms with Gasteiger partial charge in [0.05, 0.1) is 12.5 Å². The van der Waals surface area contributed by atoms with Gasteiger partial charge in [-0.15, -0.1) is 0 Å². The highest BCUT2D eigenvalue weighted by Crippen LogP contribution is 2.37. The highest BCUT2D eigenvalue weighted by Gasteiger charge is 2.41. The van der Waals surface area contributed by atoms with Crippen molar-refractivity contribution >= 4 is 23.4 Å². The molecule has 0 aliphatic heterocycles. The average molecular weight is 367 g/mol. The number of nitrogens with zero attached hydrogens (tertiary/aromatic N) is 1. The highest BCUT2D eigenvalue weighted by atomic mass is 35.5. The Balaban J connectivity index is 2.84. The molecule has 0 heterocycles. The second-order valence-corrected chi connectivity index (χ2v) is 5.37. The Morgan fingerprint density at radius 2 is 2.04 bits per heavy atom. The summed E-state index contributed by atoms with van der Waals surface area (Å²) in [5.41, 5.74) is -0.346. The first kappa shape index (κ1) is 20.0. The summed E-state index contributed by atoms with van der Waals surface area (Å²) in [6.45, 7) is 2.02. The maximum atomic E-state index is 13.2. The molecule has 0 aliphatic rings. The normalized spacial score (nSPS) is 12.4. The van der Waals surface area contributed by atoms with Gasteiger partial charge in [-0.3, -0.25) is 9.59 Å². The van der Waals surface area contributed by atoms with E-state index >= 15 is 0 Å². The van der Waals surface area contributed by atoms with E-state index in [0.29, 0.717) is 0 Å². The van der Waals surface area contributed by atoms with E-state index in [-0.39, 0.29) is 10.6 Å². The summed E-state index contributed by atoms with van der Waals surface area (Å²) in [5, 5.41) is 1.72. The minimum atomic E-state index is -4.70. The summed E-state index contributed by atoms with van der Waals surface area (Å²) in [4.78, 5) is 23.9. The van der Waals surface area contributed by atoms with Crippen molar-refractivity contribution in [3.8, 4) is 0 Å². The zero-order chi connectivity index (χ0) is 18.5. The van der Waals surface area contributed by atoms with Crippen molar-refractivity contribution < 1.29 is 27.2 Å². The summed E-state index contributed by atoms with van der Waals surface area (Å²) in [7, 11) is 1.31. The van der Waals surface area contributed by atoms with Crippen molar-refractivity contribution in [2.24, 2.45) is 0 Å². The molecular weight excluding hydrogens is 352 g/mol. The molecule has 0 radical (unpaired) electrons. The zero-order valence-electron chi connectivity index (χ0n) is 12.7. The Morgan fingerprint density at radius 1 is 1.42 bits per heavy atom. The largest absolute Gasteiger partial charge is 0.397 e. The van der Waals surface area contributed by atoms with Crippen LogP contribution in [0.1, 0.15) is 11.5 Å². The number of alkyl halides is 3. The lowest BCUT2D eigenvalue weighted by molar-refractivity contribution is -0.150. The minimum Gasteiger partial charge on any atom is -0.354 e. The molecule has 0 aliphatic carbocycles. The summed E-state index contributed by atoms with van der Waals surface area (Å²) < 4.78 is 52.6. The fourth-order valence-corrected chi connectivity index (χ4v) is 2.21. The van der Waals surface area contributed by atoms with E-state index in [1.54, 1.807) is 0 Å². The Morgan fingerprint density at radius 3 is 2.54 bits per heavy atom. The van der Waals surface area contributed by atoms with E-state index in [9.17, 15) is 27.2 Å². The van der Waals surface area contributed by atoms with E-state index in [1.165, 1.54) is 7.05 Å². The van der Waals surface area contributed by atoms with E-state index in [4.69, 9.17) is 11.6 Å². The fraction of sp³-hybridized carbons (Fsp3) is 0.333. The number of carbonyl (C=O) groups is 2. The second kappa shape index (κ2) is 8.14. The van der Waals surface area contributed by atoms with Crippen LogP contribution >= 0.6 is 11.6 Å². The quantitative estimate of drug-likeness (QED) is 0.621. The van der Waals surface area contributed by atoms with Gasteiger partial charge in [0.25, 0.3) is 0 Å². The molecule has 1 unspecified atom stereocenters. The van der Waals surface area contributed by atoms with Gasteiger partial charge in [-0.05, 0) is 23.8 Å².